The molecule has 1 atom stereocenters. The molecule has 0 bridgehead atoms. The van der Waals surface area contributed by atoms with Gasteiger partial charge in [0.15, 0.2) is 0 Å². The van der Waals surface area contributed by atoms with Crippen LogP contribution < -0.4 is 16.8 Å². The molecule has 1 aromatic rings. The summed E-state index contributed by atoms with van der Waals surface area (Å²) in [6, 6.07) is 7.58. The summed E-state index contributed by atoms with van der Waals surface area (Å²) in [6.45, 7) is 3.25. The maximum absolute atomic E-state index is 12.4. The van der Waals surface area contributed by atoms with Crippen molar-refractivity contribution >= 4 is 21.8 Å². The first-order valence-corrected chi connectivity index (χ1v) is 8.76. The molecule has 1 saturated carbocycles. The fourth-order valence-electron chi connectivity index (χ4n) is 3.02. The molecule has 5 N–H and O–H groups in total. The van der Waals surface area contributed by atoms with Gasteiger partial charge >= 0.3 is 0 Å². The molecule has 0 aromatic heterocycles. The van der Waals surface area contributed by atoms with Crippen LogP contribution in [0.25, 0.3) is 0 Å². The van der Waals surface area contributed by atoms with Crippen molar-refractivity contribution < 1.29 is 4.79 Å². The SMILES string of the molecule is CC(N)(C(=O)NCC1CCC(CN)CC1)c1ccc(Br)cc1. The molecular weight excluding hydrogens is 342 g/mol. The number of hydrogen-bond acceptors (Lipinski definition) is 3. The smallest absolute Gasteiger partial charge is 0.244 e. The van der Waals surface area contributed by atoms with Crippen molar-refractivity contribution in [3.63, 3.8) is 0 Å². The molecule has 4 nitrogen and oxygen atoms in total. The van der Waals surface area contributed by atoms with Crippen molar-refractivity contribution in [1.82, 2.24) is 5.32 Å². The predicted molar refractivity (Wildman–Crippen MR) is 93.2 cm³/mol. The van der Waals surface area contributed by atoms with Gasteiger partial charge in [0.05, 0.1) is 0 Å². The molecule has 0 spiro atoms. The molecule has 22 heavy (non-hydrogen) atoms. The third-order valence-corrected chi connectivity index (χ3v) is 5.30. The summed E-state index contributed by atoms with van der Waals surface area (Å²) in [5.41, 5.74) is 11.8. The average Bonchev–Trinajstić information content (AvgIpc) is 2.53. The Morgan fingerprint density at radius 2 is 1.77 bits per heavy atom. The van der Waals surface area contributed by atoms with E-state index < -0.39 is 5.54 Å². The zero-order valence-electron chi connectivity index (χ0n) is 13.1. The van der Waals surface area contributed by atoms with Crippen molar-refractivity contribution in [3.05, 3.63) is 34.3 Å². The van der Waals surface area contributed by atoms with E-state index in [1.807, 2.05) is 24.3 Å². The summed E-state index contributed by atoms with van der Waals surface area (Å²) in [7, 11) is 0. The number of nitrogens with one attached hydrogen (secondary N) is 1. The van der Waals surface area contributed by atoms with Crippen LogP contribution in [0.5, 0.6) is 0 Å². The zero-order valence-corrected chi connectivity index (χ0v) is 14.7. The zero-order chi connectivity index (χ0) is 16.2. The first-order valence-electron chi connectivity index (χ1n) is 7.96. The lowest BCUT2D eigenvalue weighted by atomic mass is 9.82. The van der Waals surface area contributed by atoms with E-state index in [1.165, 1.54) is 12.8 Å². The van der Waals surface area contributed by atoms with Crippen LogP contribution in [-0.2, 0) is 10.3 Å². The lowest BCUT2D eigenvalue weighted by molar-refractivity contribution is -0.126. The van der Waals surface area contributed by atoms with Gasteiger partial charge in [-0.25, -0.2) is 0 Å². The molecule has 2 rings (SSSR count). The van der Waals surface area contributed by atoms with Crippen molar-refractivity contribution in [2.75, 3.05) is 13.1 Å². The molecule has 122 valence electrons. The Bertz CT molecular complexity index is 493. The molecule has 1 fully saturated rings. The molecule has 0 aliphatic heterocycles. The van der Waals surface area contributed by atoms with Gasteiger partial charge in [-0.1, -0.05) is 28.1 Å². The highest BCUT2D eigenvalue weighted by Crippen LogP contribution is 2.28. The monoisotopic (exact) mass is 367 g/mol. The maximum Gasteiger partial charge on any atom is 0.244 e. The highest BCUT2D eigenvalue weighted by molar-refractivity contribution is 9.10. The van der Waals surface area contributed by atoms with E-state index in [9.17, 15) is 4.79 Å². The van der Waals surface area contributed by atoms with E-state index in [2.05, 4.69) is 21.2 Å². The lowest BCUT2D eigenvalue weighted by Gasteiger charge is -2.29. The number of carbonyl (C=O) groups is 1. The number of carbonyl (C=O) groups excluding carboxylic acids is 1. The molecule has 1 aliphatic carbocycles. The Labute approximate surface area is 141 Å². The van der Waals surface area contributed by atoms with Gasteiger partial charge in [0.2, 0.25) is 5.91 Å². The summed E-state index contributed by atoms with van der Waals surface area (Å²) in [4.78, 5) is 12.4. The van der Waals surface area contributed by atoms with Gasteiger partial charge in [-0.3, -0.25) is 4.79 Å². The molecular formula is C17H26BrN3O. The Balaban J connectivity index is 1.87. The highest BCUT2D eigenvalue weighted by atomic mass is 79.9. The quantitative estimate of drug-likeness (QED) is 0.747. The van der Waals surface area contributed by atoms with E-state index >= 15 is 0 Å². The van der Waals surface area contributed by atoms with Crippen molar-refractivity contribution in [1.29, 1.82) is 0 Å². The van der Waals surface area contributed by atoms with Crippen LogP contribution >= 0.6 is 15.9 Å². The minimum Gasteiger partial charge on any atom is -0.354 e. The predicted octanol–water partition coefficient (Wildman–Crippen LogP) is 2.50. The van der Waals surface area contributed by atoms with E-state index in [0.717, 1.165) is 29.4 Å². The van der Waals surface area contributed by atoms with E-state index in [-0.39, 0.29) is 5.91 Å². The molecule has 0 saturated heterocycles. The molecule has 0 heterocycles. The normalized spacial score (nSPS) is 24.5. The maximum atomic E-state index is 12.4. The Morgan fingerprint density at radius 1 is 1.23 bits per heavy atom. The average molecular weight is 368 g/mol. The van der Waals surface area contributed by atoms with Crippen LogP contribution in [-0.4, -0.2) is 19.0 Å². The van der Waals surface area contributed by atoms with Crippen molar-refractivity contribution in [3.8, 4) is 0 Å². The van der Waals surface area contributed by atoms with Gasteiger partial charge in [0.25, 0.3) is 0 Å². The second kappa shape index (κ2) is 7.57. The Hall–Kier alpha value is -0.910. The summed E-state index contributed by atoms with van der Waals surface area (Å²) in [5, 5.41) is 3.03. The van der Waals surface area contributed by atoms with Gasteiger partial charge in [-0.15, -0.1) is 0 Å². The van der Waals surface area contributed by atoms with Gasteiger partial charge < -0.3 is 16.8 Å². The van der Waals surface area contributed by atoms with Gasteiger partial charge in [0, 0.05) is 11.0 Å². The summed E-state index contributed by atoms with van der Waals surface area (Å²) in [5.74, 6) is 1.10. The first kappa shape index (κ1) is 17.4. The van der Waals surface area contributed by atoms with Gasteiger partial charge in [-0.05, 0) is 68.7 Å². The van der Waals surface area contributed by atoms with Crippen LogP contribution in [0.1, 0.15) is 38.2 Å². The first-order chi connectivity index (χ1) is 10.4. The molecule has 1 amide bonds. The minimum absolute atomic E-state index is 0.115. The molecule has 0 radical (unpaired) electrons. The number of rotatable bonds is 5. The number of halogens is 1. The Kier molecular flexibility index (Phi) is 6.01. The van der Waals surface area contributed by atoms with Crippen LogP contribution in [0.15, 0.2) is 28.7 Å². The van der Waals surface area contributed by atoms with Gasteiger partial charge in [-0.2, -0.15) is 0 Å². The summed E-state index contributed by atoms with van der Waals surface area (Å²) >= 11 is 3.39. The van der Waals surface area contributed by atoms with Crippen LogP contribution in [0.3, 0.4) is 0 Å². The molecule has 5 heteroatoms. The minimum atomic E-state index is -1.00. The topological polar surface area (TPSA) is 81.1 Å². The molecule has 1 aromatic carbocycles. The van der Waals surface area contributed by atoms with Crippen LogP contribution in [0.4, 0.5) is 0 Å². The highest BCUT2D eigenvalue weighted by Gasteiger charge is 2.31. The molecule has 1 unspecified atom stereocenters. The number of benzene rings is 1. The van der Waals surface area contributed by atoms with E-state index in [1.54, 1.807) is 6.92 Å². The van der Waals surface area contributed by atoms with Gasteiger partial charge in [0.1, 0.15) is 5.54 Å². The standard InChI is InChI=1S/C17H26BrN3O/c1-17(20,14-6-8-15(18)9-7-14)16(22)21-11-13-4-2-12(10-19)3-5-13/h6-9,12-13H,2-5,10-11,19-20H2,1H3,(H,21,22). The molecule has 1 aliphatic rings. The van der Waals surface area contributed by atoms with Crippen LogP contribution in [0, 0.1) is 11.8 Å². The van der Waals surface area contributed by atoms with Crippen molar-refractivity contribution in [2.45, 2.75) is 38.1 Å². The Morgan fingerprint density at radius 3 is 2.32 bits per heavy atom. The third kappa shape index (κ3) is 4.31. The van der Waals surface area contributed by atoms with Crippen molar-refractivity contribution in [2.24, 2.45) is 23.3 Å². The number of amides is 1. The second-order valence-corrected chi connectivity index (χ2v) is 7.46. The lowest BCUT2D eigenvalue weighted by Crippen LogP contribution is -2.50. The fraction of sp³-hybridized carbons (Fsp3) is 0.588. The van der Waals surface area contributed by atoms with E-state index in [0.29, 0.717) is 18.4 Å². The second-order valence-electron chi connectivity index (χ2n) is 6.54. The number of nitrogens with two attached hydrogens (primary N) is 2. The fourth-order valence-corrected chi connectivity index (χ4v) is 3.28. The number of hydrogen-bond donors (Lipinski definition) is 3. The van der Waals surface area contributed by atoms with E-state index in [4.69, 9.17) is 11.5 Å². The largest absolute Gasteiger partial charge is 0.354 e. The third-order valence-electron chi connectivity index (χ3n) is 4.77. The summed E-state index contributed by atoms with van der Waals surface area (Å²) < 4.78 is 0.976. The summed E-state index contributed by atoms with van der Waals surface area (Å²) in [6.07, 6.45) is 4.62. The van der Waals surface area contributed by atoms with Crippen LogP contribution in [0.2, 0.25) is 0 Å².